The quantitative estimate of drug-likeness (QED) is 0.728. The molecule has 0 saturated carbocycles. The molecule has 1 saturated heterocycles. The van der Waals surface area contributed by atoms with Crippen LogP contribution in [-0.4, -0.2) is 50.1 Å². The number of anilines is 1. The van der Waals surface area contributed by atoms with Gasteiger partial charge in [0.05, 0.1) is 0 Å². The number of benzene rings is 1. The van der Waals surface area contributed by atoms with Crippen molar-refractivity contribution in [1.82, 2.24) is 10.2 Å². The Morgan fingerprint density at radius 2 is 2.04 bits per heavy atom. The number of rotatable bonds is 8. The molecule has 3 rings (SSSR count). The molecule has 1 amide bonds. The van der Waals surface area contributed by atoms with Crippen molar-refractivity contribution in [2.75, 3.05) is 38.1 Å². The van der Waals surface area contributed by atoms with Gasteiger partial charge in [-0.3, -0.25) is 9.69 Å². The maximum atomic E-state index is 12.7. The van der Waals surface area contributed by atoms with Gasteiger partial charge in [0.25, 0.3) is 0 Å². The molecule has 1 aromatic heterocycles. The lowest BCUT2D eigenvalue weighted by Gasteiger charge is -2.25. The molecule has 1 atom stereocenters. The van der Waals surface area contributed by atoms with Gasteiger partial charge < -0.3 is 15.0 Å². The number of carbonyl (C=O) groups is 1. The summed E-state index contributed by atoms with van der Waals surface area (Å²) < 4.78 is 6.34. The van der Waals surface area contributed by atoms with Gasteiger partial charge in [0.2, 0.25) is 5.91 Å². The van der Waals surface area contributed by atoms with Gasteiger partial charge in [-0.15, -0.1) is 11.3 Å². The molecule has 6 heteroatoms. The second-order valence-corrected chi connectivity index (χ2v) is 8.42. The van der Waals surface area contributed by atoms with Crippen molar-refractivity contribution in [3.63, 3.8) is 0 Å². The first kappa shape index (κ1) is 20.8. The summed E-state index contributed by atoms with van der Waals surface area (Å²) in [4.78, 5) is 18.2. The standard InChI is InChI=1S/C22H31N3O2S/c1-17(2)24-12-10-22(26)25(14-13-24)18-6-4-7-19(16-18)27-20(9-11-23-3)21-8-5-15-28-21/h4-8,15-17,20,23H,9-14H2,1-3H3/t20-/m1/s1. The lowest BCUT2D eigenvalue weighted by molar-refractivity contribution is -0.118. The van der Waals surface area contributed by atoms with Crippen LogP contribution in [0.15, 0.2) is 41.8 Å². The minimum absolute atomic E-state index is 0.0129. The van der Waals surface area contributed by atoms with E-state index >= 15 is 0 Å². The predicted octanol–water partition coefficient (Wildman–Crippen LogP) is 3.92. The van der Waals surface area contributed by atoms with Crippen LogP contribution in [0.3, 0.4) is 0 Å². The van der Waals surface area contributed by atoms with Gasteiger partial charge in [-0.25, -0.2) is 0 Å². The molecule has 5 nitrogen and oxygen atoms in total. The van der Waals surface area contributed by atoms with Gasteiger partial charge in [-0.1, -0.05) is 12.1 Å². The van der Waals surface area contributed by atoms with Crippen LogP contribution in [0, 0.1) is 0 Å². The normalized spacial score (nSPS) is 17.0. The number of thiophene rings is 1. The van der Waals surface area contributed by atoms with E-state index in [0.29, 0.717) is 19.0 Å². The zero-order chi connectivity index (χ0) is 19.9. The van der Waals surface area contributed by atoms with E-state index in [9.17, 15) is 4.79 Å². The van der Waals surface area contributed by atoms with Gasteiger partial charge in [0, 0.05) is 55.1 Å². The molecule has 0 bridgehead atoms. The maximum absolute atomic E-state index is 12.7. The summed E-state index contributed by atoms with van der Waals surface area (Å²) >= 11 is 1.72. The van der Waals surface area contributed by atoms with Gasteiger partial charge in [0.15, 0.2) is 0 Å². The van der Waals surface area contributed by atoms with Crippen molar-refractivity contribution in [1.29, 1.82) is 0 Å². The van der Waals surface area contributed by atoms with Gasteiger partial charge in [-0.2, -0.15) is 0 Å². The minimum Gasteiger partial charge on any atom is -0.485 e. The molecule has 0 spiro atoms. The van der Waals surface area contributed by atoms with E-state index in [4.69, 9.17) is 4.74 Å². The molecule has 0 aliphatic carbocycles. The number of hydrogen-bond acceptors (Lipinski definition) is 5. The Morgan fingerprint density at radius 3 is 2.75 bits per heavy atom. The maximum Gasteiger partial charge on any atom is 0.228 e. The molecule has 0 unspecified atom stereocenters. The van der Waals surface area contributed by atoms with Crippen molar-refractivity contribution in [2.45, 2.75) is 38.8 Å². The SMILES string of the molecule is CNCC[C@@H](Oc1cccc(N2CCN(C(C)C)CCC2=O)c1)c1cccs1. The number of nitrogens with one attached hydrogen (secondary N) is 1. The first-order valence-electron chi connectivity index (χ1n) is 10.1. The topological polar surface area (TPSA) is 44.8 Å². The second kappa shape index (κ2) is 10.0. The smallest absolute Gasteiger partial charge is 0.228 e. The Balaban J connectivity index is 1.74. The molecule has 1 fully saturated rings. The van der Waals surface area contributed by atoms with E-state index < -0.39 is 0 Å². The molecule has 1 aromatic carbocycles. The highest BCUT2D eigenvalue weighted by Gasteiger charge is 2.24. The van der Waals surface area contributed by atoms with Crippen molar-refractivity contribution in [3.8, 4) is 5.75 Å². The molecule has 2 aromatic rings. The minimum atomic E-state index is 0.0129. The predicted molar refractivity (Wildman–Crippen MR) is 116 cm³/mol. The van der Waals surface area contributed by atoms with Gasteiger partial charge in [0.1, 0.15) is 11.9 Å². The zero-order valence-electron chi connectivity index (χ0n) is 17.1. The number of nitrogens with zero attached hydrogens (tertiary/aromatic N) is 2. The Kier molecular flexibility index (Phi) is 7.48. The largest absolute Gasteiger partial charge is 0.485 e. The first-order chi connectivity index (χ1) is 13.6. The van der Waals surface area contributed by atoms with Crippen molar-refractivity contribution in [3.05, 3.63) is 46.7 Å². The van der Waals surface area contributed by atoms with Gasteiger partial charge in [-0.05, 0) is 51.0 Å². The average molecular weight is 402 g/mol. The Hall–Kier alpha value is -1.89. The Morgan fingerprint density at radius 1 is 1.18 bits per heavy atom. The Bertz CT molecular complexity index is 748. The van der Waals surface area contributed by atoms with Crippen LogP contribution in [0.2, 0.25) is 0 Å². The highest BCUT2D eigenvalue weighted by molar-refractivity contribution is 7.10. The summed E-state index contributed by atoms with van der Waals surface area (Å²) in [5, 5.41) is 5.28. The molecule has 2 heterocycles. The summed E-state index contributed by atoms with van der Waals surface area (Å²) in [6.45, 7) is 7.70. The van der Waals surface area contributed by atoms with Crippen LogP contribution in [0.5, 0.6) is 5.75 Å². The van der Waals surface area contributed by atoms with E-state index in [1.54, 1.807) is 11.3 Å². The number of hydrogen-bond donors (Lipinski definition) is 1. The highest BCUT2D eigenvalue weighted by atomic mass is 32.1. The summed E-state index contributed by atoms with van der Waals surface area (Å²) in [6.07, 6.45) is 1.47. The molecule has 1 N–H and O–H groups in total. The lowest BCUT2D eigenvalue weighted by atomic mass is 10.2. The van der Waals surface area contributed by atoms with Crippen LogP contribution in [0.1, 0.15) is 37.7 Å². The summed E-state index contributed by atoms with van der Waals surface area (Å²) in [7, 11) is 1.96. The van der Waals surface area contributed by atoms with Gasteiger partial charge >= 0.3 is 0 Å². The third-order valence-electron chi connectivity index (χ3n) is 5.18. The fourth-order valence-corrected chi connectivity index (χ4v) is 4.32. The lowest BCUT2D eigenvalue weighted by Crippen LogP contribution is -2.35. The number of ether oxygens (including phenoxy) is 1. The average Bonchev–Trinajstić information content (AvgIpc) is 3.15. The number of carbonyl (C=O) groups excluding carboxylic acids is 1. The summed E-state index contributed by atoms with van der Waals surface area (Å²) in [5.74, 6) is 0.995. The molecule has 1 aliphatic rings. The zero-order valence-corrected chi connectivity index (χ0v) is 17.9. The van der Waals surface area contributed by atoms with E-state index in [2.05, 4.69) is 41.6 Å². The van der Waals surface area contributed by atoms with Crippen LogP contribution in [-0.2, 0) is 4.79 Å². The molecule has 152 valence electrons. The van der Waals surface area contributed by atoms with Crippen LogP contribution < -0.4 is 15.0 Å². The van der Waals surface area contributed by atoms with Crippen molar-refractivity contribution in [2.24, 2.45) is 0 Å². The van der Waals surface area contributed by atoms with Crippen LogP contribution in [0.4, 0.5) is 5.69 Å². The molecule has 28 heavy (non-hydrogen) atoms. The molecule has 0 radical (unpaired) electrons. The Labute approximate surface area is 172 Å². The fourth-order valence-electron chi connectivity index (χ4n) is 3.53. The van der Waals surface area contributed by atoms with Crippen molar-refractivity contribution >= 4 is 22.9 Å². The summed E-state index contributed by atoms with van der Waals surface area (Å²) in [6, 6.07) is 12.6. The summed E-state index contributed by atoms with van der Waals surface area (Å²) in [5.41, 5.74) is 0.923. The monoisotopic (exact) mass is 401 g/mol. The van der Waals surface area contributed by atoms with E-state index in [1.807, 2.05) is 36.2 Å². The molecule has 1 aliphatic heterocycles. The van der Waals surface area contributed by atoms with E-state index in [-0.39, 0.29) is 12.0 Å². The molecular formula is C22H31N3O2S. The fraction of sp³-hybridized carbons (Fsp3) is 0.500. The van der Waals surface area contributed by atoms with E-state index in [1.165, 1.54) is 4.88 Å². The third kappa shape index (κ3) is 5.34. The van der Waals surface area contributed by atoms with Crippen LogP contribution >= 0.6 is 11.3 Å². The second-order valence-electron chi connectivity index (χ2n) is 7.44. The third-order valence-corrected chi connectivity index (χ3v) is 6.14. The highest BCUT2D eigenvalue weighted by Crippen LogP contribution is 2.30. The molecular weight excluding hydrogens is 370 g/mol. The van der Waals surface area contributed by atoms with E-state index in [0.717, 1.165) is 37.5 Å². The van der Waals surface area contributed by atoms with Crippen LogP contribution in [0.25, 0.3) is 0 Å². The number of amides is 1. The van der Waals surface area contributed by atoms with Crippen molar-refractivity contribution < 1.29 is 9.53 Å². The first-order valence-corrected chi connectivity index (χ1v) is 11.0.